The molecule has 0 radical (unpaired) electrons. The fourth-order valence-corrected chi connectivity index (χ4v) is 0.979. The summed E-state index contributed by atoms with van der Waals surface area (Å²) in [6.07, 6.45) is 2.90. The third kappa shape index (κ3) is 6.30. The van der Waals surface area contributed by atoms with E-state index in [1.165, 1.54) is 24.5 Å². The summed E-state index contributed by atoms with van der Waals surface area (Å²) in [5, 5.41) is 16.6. The minimum atomic E-state index is -0.990. The minimum Gasteiger partial charge on any atom is -0.477 e. The number of rotatable bonds is 2. The van der Waals surface area contributed by atoms with Crippen molar-refractivity contribution in [2.75, 3.05) is 0 Å². The summed E-state index contributed by atoms with van der Waals surface area (Å²) >= 11 is 0. The van der Waals surface area contributed by atoms with Crippen molar-refractivity contribution in [3.63, 3.8) is 0 Å². The van der Waals surface area contributed by atoms with Crippen molar-refractivity contribution in [1.82, 2.24) is 9.97 Å². The summed E-state index contributed by atoms with van der Waals surface area (Å²) in [6.45, 7) is 0. The molecule has 19 heavy (non-hydrogen) atoms. The van der Waals surface area contributed by atoms with E-state index in [9.17, 15) is 9.59 Å². The van der Waals surface area contributed by atoms with Crippen molar-refractivity contribution in [3.8, 4) is 0 Å². The zero-order valence-electron chi connectivity index (χ0n) is 9.58. The van der Waals surface area contributed by atoms with E-state index in [4.69, 9.17) is 10.2 Å². The number of carboxylic acid groups (broad SMARTS) is 2. The van der Waals surface area contributed by atoms with Gasteiger partial charge in [-0.3, -0.25) is 0 Å². The van der Waals surface area contributed by atoms with Gasteiger partial charge in [0.25, 0.3) is 0 Å². The van der Waals surface area contributed by atoms with Crippen molar-refractivity contribution >= 4 is 11.9 Å². The molecule has 0 atom stereocenters. The first-order valence-corrected chi connectivity index (χ1v) is 4.90. The van der Waals surface area contributed by atoms with Crippen LogP contribution in [0.2, 0.25) is 0 Å². The quantitative estimate of drug-likeness (QED) is 0.816. The predicted molar refractivity (Wildman–Crippen MR) is 62.4 cm³/mol. The molecule has 0 saturated carbocycles. The summed E-state index contributed by atoms with van der Waals surface area (Å²) in [5.41, 5.74) is 0.162. The van der Waals surface area contributed by atoms with E-state index in [0.29, 0.717) is 0 Å². The van der Waals surface area contributed by atoms with Crippen LogP contribution in [0.3, 0.4) is 0 Å². The molecule has 0 aromatic carbocycles. The van der Waals surface area contributed by atoms with Gasteiger partial charge in [-0.05, 0) is 24.3 Å². The number of aromatic carboxylic acids is 2. The van der Waals surface area contributed by atoms with Gasteiger partial charge in [-0.1, -0.05) is 12.1 Å². The molecule has 100 valence electrons. The molecule has 2 rings (SSSR count). The van der Waals surface area contributed by atoms with E-state index >= 15 is 0 Å². The van der Waals surface area contributed by atoms with Crippen LogP contribution in [0, 0.1) is 0 Å². The fraction of sp³-hybridized carbons (Fsp3) is 0. The van der Waals surface area contributed by atoms with Crippen LogP contribution in [-0.4, -0.2) is 32.1 Å². The van der Waals surface area contributed by atoms with Crippen molar-refractivity contribution in [2.24, 2.45) is 0 Å². The second kappa shape index (κ2) is 8.79. The maximum absolute atomic E-state index is 10.1. The molecule has 7 heteroatoms. The molecule has 0 saturated heterocycles. The zero-order chi connectivity index (χ0) is 13.4. The third-order valence-electron chi connectivity index (χ3n) is 1.77. The average Bonchev–Trinajstić information content (AvgIpc) is 2.41. The summed E-state index contributed by atoms with van der Waals surface area (Å²) in [4.78, 5) is 27.4. The van der Waals surface area contributed by atoms with Gasteiger partial charge in [0.05, 0.1) is 0 Å². The number of hydrogen-bond donors (Lipinski definition) is 2. The number of aromatic nitrogens is 2. The Morgan fingerprint density at radius 1 is 0.789 bits per heavy atom. The Bertz CT molecular complexity index is 470. The molecule has 0 aliphatic carbocycles. The standard InChI is InChI=1S/2C6H5NO2.Fe/c2*8-6(9)5-3-1-2-4-7-5;/h2*1-4H,(H,8,9);. The van der Waals surface area contributed by atoms with Gasteiger partial charge in [0.2, 0.25) is 0 Å². The number of nitrogens with zero attached hydrogens (tertiary/aromatic N) is 2. The van der Waals surface area contributed by atoms with E-state index in [1.54, 1.807) is 24.3 Å². The predicted octanol–water partition coefficient (Wildman–Crippen LogP) is 1.56. The van der Waals surface area contributed by atoms with Crippen LogP contribution >= 0.6 is 0 Å². The first-order chi connectivity index (χ1) is 8.61. The van der Waals surface area contributed by atoms with Crippen molar-refractivity contribution < 1.29 is 36.9 Å². The Labute approximate surface area is 119 Å². The molecule has 2 aromatic rings. The molecule has 0 fully saturated rings. The molecular weight excluding hydrogens is 292 g/mol. The number of pyridine rings is 2. The van der Waals surface area contributed by atoms with Crippen molar-refractivity contribution in [2.45, 2.75) is 0 Å². The summed E-state index contributed by atoms with van der Waals surface area (Å²) in [7, 11) is 0. The molecule has 6 nitrogen and oxygen atoms in total. The monoisotopic (exact) mass is 302 g/mol. The van der Waals surface area contributed by atoms with Gasteiger partial charge in [0.1, 0.15) is 11.4 Å². The largest absolute Gasteiger partial charge is 0.477 e. The van der Waals surface area contributed by atoms with Crippen LogP contribution in [0.5, 0.6) is 0 Å². The molecule has 0 amide bonds. The number of carboxylic acids is 2. The van der Waals surface area contributed by atoms with Gasteiger partial charge in [0, 0.05) is 29.5 Å². The van der Waals surface area contributed by atoms with Crippen LogP contribution in [0.1, 0.15) is 21.0 Å². The fourth-order valence-electron chi connectivity index (χ4n) is 0.979. The van der Waals surface area contributed by atoms with Gasteiger partial charge in [-0.2, -0.15) is 0 Å². The third-order valence-corrected chi connectivity index (χ3v) is 1.77. The topological polar surface area (TPSA) is 100 Å². The van der Waals surface area contributed by atoms with Crippen molar-refractivity contribution in [1.29, 1.82) is 0 Å². The molecule has 0 spiro atoms. The molecule has 0 bridgehead atoms. The molecule has 2 heterocycles. The Morgan fingerprint density at radius 3 is 1.32 bits per heavy atom. The van der Waals surface area contributed by atoms with Crippen LogP contribution in [0.15, 0.2) is 48.8 Å². The second-order valence-electron chi connectivity index (χ2n) is 3.04. The van der Waals surface area contributed by atoms with Gasteiger partial charge in [-0.25, -0.2) is 19.6 Å². The second-order valence-corrected chi connectivity index (χ2v) is 3.04. The molecular formula is C12H10FeN2O4. The van der Waals surface area contributed by atoms with E-state index in [0.717, 1.165) is 0 Å². The summed E-state index contributed by atoms with van der Waals surface area (Å²) in [6, 6.07) is 9.51. The van der Waals surface area contributed by atoms with Gasteiger partial charge >= 0.3 is 11.9 Å². The molecule has 2 N–H and O–H groups in total. The number of carbonyl (C=O) groups is 2. The van der Waals surface area contributed by atoms with E-state index in [-0.39, 0.29) is 28.5 Å². The van der Waals surface area contributed by atoms with Gasteiger partial charge in [0.15, 0.2) is 0 Å². The SMILES string of the molecule is O=C(O)c1ccccn1.O=C(O)c1ccccn1.[Fe]. The zero-order valence-corrected chi connectivity index (χ0v) is 10.7. The van der Waals surface area contributed by atoms with Gasteiger partial charge < -0.3 is 10.2 Å². The Hall–Kier alpha value is -2.24. The first kappa shape index (κ1) is 16.8. The maximum Gasteiger partial charge on any atom is 0.354 e. The molecule has 2 aromatic heterocycles. The first-order valence-electron chi connectivity index (χ1n) is 4.90. The molecule has 0 aliphatic rings. The smallest absolute Gasteiger partial charge is 0.354 e. The summed E-state index contributed by atoms with van der Waals surface area (Å²) in [5.74, 6) is -1.98. The van der Waals surface area contributed by atoms with E-state index in [2.05, 4.69) is 9.97 Å². The average molecular weight is 302 g/mol. The van der Waals surface area contributed by atoms with E-state index < -0.39 is 11.9 Å². The maximum atomic E-state index is 10.1. The summed E-state index contributed by atoms with van der Waals surface area (Å²) < 4.78 is 0. The Morgan fingerprint density at radius 2 is 1.16 bits per heavy atom. The minimum absolute atomic E-state index is 0. The molecule has 0 unspecified atom stereocenters. The van der Waals surface area contributed by atoms with Gasteiger partial charge in [-0.15, -0.1) is 0 Å². The van der Waals surface area contributed by atoms with Crippen LogP contribution in [0.4, 0.5) is 0 Å². The van der Waals surface area contributed by atoms with Crippen LogP contribution in [0.25, 0.3) is 0 Å². The normalized spacial score (nSPS) is 8.42. The van der Waals surface area contributed by atoms with Crippen LogP contribution < -0.4 is 0 Å². The van der Waals surface area contributed by atoms with E-state index in [1.807, 2.05) is 0 Å². The Kier molecular flexibility index (Phi) is 7.76. The molecule has 0 aliphatic heterocycles. The van der Waals surface area contributed by atoms with Crippen LogP contribution in [-0.2, 0) is 17.1 Å². The Balaban J connectivity index is 0.000000324. The number of hydrogen-bond acceptors (Lipinski definition) is 4. The van der Waals surface area contributed by atoms with Crippen molar-refractivity contribution in [3.05, 3.63) is 60.2 Å².